The largest absolute Gasteiger partial charge is 0.497 e. The molecule has 1 aromatic carbocycles. The number of hydrogen-bond acceptors (Lipinski definition) is 3. The van der Waals surface area contributed by atoms with Crippen molar-refractivity contribution in [3.63, 3.8) is 0 Å². The van der Waals surface area contributed by atoms with Crippen molar-refractivity contribution >= 4 is 11.7 Å². The summed E-state index contributed by atoms with van der Waals surface area (Å²) in [6, 6.07) is 3.54. The molecule has 1 aromatic rings. The van der Waals surface area contributed by atoms with Crippen molar-refractivity contribution in [2.24, 2.45) is 5.41 Å². The fourth-order valence-electron chi connectivity index (χ4n) is 2.12. The fourth-order valence-corrected chi connectivity index (χ4v) is 2.12. The van der Waals surface area contributed by atoms with Gasteiger partial charge < -0.3 is 20.5 Å². The minimum absolute atomic E-state index is 0.231. The predicted octanol–water partition coefficient (Wildman–Crippen LogP) is 2.75. The summed E-state index contributed by atoms with van der Waals surface area (Å²) < 4.78 is 18.2. The van der Waals surface area contributed by atoms with Gasteiger partial charge in [-0.25, -0.2) is 9.18 Å². The van der Waals surface area contributed by atoms with E-state index in [1.807, 2.05) is 13.8 Å². The lowest BCUT2D eigenvalue weighted by Gasteiger charge is -2.26. The van der Waals surface area contributed by atoms with Crippen LogP contribution in [0.3, 0.4) is 0 Å². The molecule has 0 heterocycles. The summed E-state index contributed by atoms with van der Waals surface area (Å²) in [5.41, 5.74) is 0.0863. The lowest BCUT2D eigenvalue weighted by Crippen LogP contribution is -2.38. The molecule has 0 aliphatic heterocycles. The van der Waals surface area contributed by atoms with E-state index < -0.39 is 18.0 Å². The molecule has 1 atom stereocenters. The molecule has 21 heavy (non-hydrogen) atoms. The number of nitrogens with one attached hydrogen (secondary N) is 2. The number of hydrogen-bond donors (Lipinski definition) is 3. The van der Waals surface area contributed by atoms with Gasteiger partial charge in [-0.2, -0.15) is 0 Å². The molecule has 0 aliphatic carbocycles. The summed E-state index contributed by atoms with van der Waals surface area (Å²) >= 11 is 0. The van der Waals surface area contributed by atoms with Crippen LogP contribution in [-0.2, 0) is 0 Å². The zero-order valence-electron chi connectivity index (χ0n) is 12.9. The predicted molar refractivity (Wildman–Crippen MR) is 80.1 cm³/mol. The summed E-state index contributed by atoms with van der Waals surface area (Å²) in [6.07, 6.45) is 0.137. The van der Waals surface area contributed by atoms with Gasteiger partial charge in [0.2, 0.25) is 0 Å². The monoisotopic (exact) mass is 298 g/mol. The maximum absolute atomic E-state index is 13.3. The first-order chi connectivity index (χ1) is 9.71. The molecule has 6 heteroatoms. The first-order valence-electron chi connectivity index (χ1n) is 6.79. The smallest absolute Gasteiger partial charge is 0.319 e. The minimum atomic E-state index is -0.487. The number of benzene rings is 1. The lowest BCUT2D eigenvalue weighted by atomic mass is 9.87. The van der Waals surface area contributed by atoms with E-state index in [1.165, 1.54) is 25.3 Å². The number of amides is 2. The zero-order valence-corrected chi connectivity index (χ0v) is 12.9. The molecule has 0 aliphatic rings. The van der Waals surface area contributed by atoms with Crippen LogP contribution in [0.2, 0.25) is 0 Å². The van der Waals surface area contributed by atoms with Crippen LogP contribution in [-0.4, -0.2) is 30.9 Å². The van der Waals surface area contributed by atoms with Gasteiger partial charge in [-0.3, -0.25) is 0 Å². The quantitative estimate of drug-likeness (QED) is 0.756. The number of aliphatic hydroxyl groups is 1. The van der Waals surface area contributed by atoms with Gasteiger partial charge in [-0.05, 0) is 24.8 Å². The first kappa shape index (κ1) is 17.2. The number of carbonyl (C=O) groups is 1. The van der Waals surface area contributed by atoms with E-state index >= 15 is 0 Å². The lowest BCUT2D eigenvalue weighted by molar-refractivity contribution is 0.129. The highest BCUT2D eigenvalue weighted by Gasteiger charge is 2.21. The van der Waals surface area contributed by atoms with E-state index in [2.05, 4.69) is 10.6 Å². The molecule has 0 fully saturated rings. The van der Waals surface area contributed by atoms with Gasteiger partial charge >= 0.3 is 6.03 Å². The van der Waals surface area contributed by atoms with Gasteiger partial charge in [0.15, 0.2) is 0 Å². The van der Waals surface area contributed by atoms with Crippen LogP contribution in [0.5, 0.6) is 5.75 Å². The van der Waals surface area contributed by atoms with Gasteiger partial charge in [-0.15, -0.1) is 0 Å². The first-order valence-corrected chi connectivity index (χ1v) is 6.79. The van der Waals surface area contributed by atoms with Crippen molar-refractivity contribution in [1.82, 2.24) is 5.32 Å². The molecule has 0 saturated carbocycles. The summed E-state index contributed by atoms with van der Waals surface area (Å²) in [7, 11) is 1.43. The molecule has 5 nitrogen and oxygen atoms in total. The van der Waals surface area contributed by atoms with Crippen molar-refractivity contribution in [2.45, 2.75) is 33.3 Å². The van der Waals surface area contributed by atoms with Gasteiger partial charge in [-0.1, -0.05) is 13.8 Å². The number of ether oxygens (including phenoxy) is 1. The van der Waals surface area contributed by atoms with Crippen molar-refractivity contribution < 1.29 is 19.0 Å². The summed E-state index contributed by atoms with van der Waals surface area (Å²) in [5, 5.41) is 14.7. The molecule has 1 unspecified atom stereocenters. The van der Waals surface area contributed by atoms with Crippen LogP contribution in [0.25, 0.3) is 0 Å². The Morgan fingerprint density at radius 1 is 1.43 bits per heavy atom. The average molecular weight is 298 g/mol. The standard InChI is InChI=1S/C15H23FN2O3/c1-10(19)8-15(2,3)9-17-14(20)18-12-5-11(16)6-13(7-12)21-4/h5-7,10,19H,8-9H2,1-4H3,(H2,17,18,20). The Hall–Kier alpha value is -1.82. The third-order valence-corrected chi connectivity index (χ3v) is 2.94. The van der Waals surface area contributed by atoms with Crippen molar-refractivity contribution in [3.05, 3.63) is 24.0 Å². The second-order valence-electron chi connectivity index (χ2n) is 5.90. The molecule has 3 N–H and O–H groups in total. The highest BCUT2D eigenvalue weighted by Crippen LogP contribution is 2.22. The Morgan fingerprint density at radius 2 is 2.10 bits per heavy atom. The van der Waals surface area contributed by atoms with E-state index in [-0.39, 0.29) is 5.41 Å². The summed E-state index contributed by atoms with van der Waals surface area (Å²) in [4.78, 5) is 11.8. The third-order valence-electron chi connectivity index (χ3n) is 2.94. The number of rotatable bonds is 6. The van der Waals surface area contributed by atoms with Crippen LogP contribution >= 0.6 is 0 Å². The zero-order chi connectivity index (χ0) is 16.0. The highest BCUT2D eigenvalue weighted by atomic mass is 19.1. The molecule has 0 bridgehead atoms. The maximum Gasteiger partial charge on any atom is 0.319 e. The third kappa shape index (κ3) is 6.44. The molecule has 0 radical (unpaired) electrons. The van der Waals surface area contributed by atoms with E-state index in [0.717, 1.165) is 0 Å². The van der Waals surface area contributed by atoms with E-state index in [1.54, 1.807) is 6.92 Å². The second kappa shape index (κ2) is 7.26. The Labute approximate surface area is 124 Å². The molecular formula is C15H23FN2O3. The minimum Gasteiger partial charge on any atom is -0.497 e. The van der Waals surface area contributed by atoms with Crippen LogP contribution in [0, 0.1) is 11.2 Å². The summed E-state index contributed by atoms with van der Waals surface area (Å²) in [5.74, 6) is -0.154. The van der Waals surface area contributed by atoms with Crippen LogP contribution in [0.4, 0.5) is 14.9 Å². The van der Waals surface area contributed by atoms with Gasteiger partial charge in [0, 0.05) is 24.4 Å². The van der Waals surface area contributed by atoms with E-state index in [4.69, 9.17) is 4.74 Å². The normalized spacial score (nSPS) is 12.7. The van der Waals surface area contributed by atoms with Crippen molar-refractivity contribution in [2.75, 3.05) is 19.0 Å². The fraction of sp³-hybridized carbons (Fsp3) is 0.533. The van der Waals surface area contributed by atoms with Crippen molar-refractivity contribution in [3.8, 4) is 5.75 Å². The Kier molecular flexibility index (Phi) is 5.96. The average Bonchev–Trinajstić information content (AvgIpc) is 2.34. The topological polar surface area (TPSA) is 70.6 Å². The summed E-state index contributed by atoms with van der Waals surface area (Å²) in [6.45, 7) is 6.01. The molecule has 0 spiro atoms. The highest BCUT2D eigenvalue weighted by molar-refractivity contribution is 5.89. The molecule has 0 aromatic heterocycles. The molecule has 118 valence electrons. The van der Waals surface area contributed by atoms with Gasteiger partial charge in [0.1, 0.15) is 11.6 Å². The molecular weight excluding hydrogens is 275 g/mol. The van der Waals surface area contributed by atoms with Crippen molar-refractivity contribution in [1.29, 1.82) is 0 Å². The van der Waals surface area contributed by atoms with Gasteiger partial charge in [0.05, 0.1) is 13.2 Å². The van der Waals surface area contributed by atoms with Crippen LogP contribution < -0.4 is 15.4 Å². The molecule has 2 amide bonds. The van der Waals surface area contributed by atoms with Gasteiger partial charge in [0.25, 0.3) is 0 Å². The number of carbonyl (C=O) groups excluding carboxylic acids is 1. The van der Waals surface area contributed by atoms with E-state index in [0.29, 0.717) is 24.4 Å². The Morgan fingerprint density at radius 3 is 2.67 bits per heavy atom. The molecule has 0 saturated heterocycles. The second-order valence-corrected chi connectivity index (χ2v) is 5.90. The SMILES string of the molecule is COc1cc(F)cc(NC(=O)NCC(C)(C)CC(C)O)c1. The molecule has 1 rings (SSSR count). The maximum atomic E-state index is 13.3. The van der Waals surface area contributed by atoms with Crippen LogP contribution in [0.15, 0.2) is 18.2 Å². The number of anilines is 1. The van der Waals surface area contributed by atoms with E-state index in [9.17, 15) is 14.3 Å². The Bertz CT molecular complexity index is 490. The number of aliphatic hydroxyl groups excluding tert-OH is 1. The number of urea groups is 1. The number of methoxy groups -OCH3 is 1. The number of halogens is 1. The van der Waals surface area contributed by atoms with Crippen LogP contribution in [0.1, 0.15) is 27.2 Å². The Balaban J connectivity index is 2.56.